The van der Waals surface area contributed by atoms with Gasteiger partial charge in [-0.15, -0.1) is 0 Å². The van der Waals surface area contributed by atoms with Gasteiger partial charge in [0.2, 0.25) is 0 Å². The second-order valence-electron chi connectivity index (χ2n) is 5.61. The quantitative estimate of drug-likeness (QED) is 0.846. The van der Waals surface area contributed by atoms with Crippen molar-refractivity contribution in [3.8, 4) is 5.75 Å². The fraction of sp³-hybridized carbons (Fsp3) is 0.412. The van der Waals surface area contributed by atoms with Crippen LogP contribution in [0.15, 0.2) is 36.7 Å². The highest BCUT2D eigenvalue weighted by Gasteiger charge is 2.15. The topological polar surface area (TPSA) is 51.2 Å². The molecule has 110 valence electrons. The van der Waals surface area contributed by atoms with Crippen LogP contribution in [0.1, 0.15) is 38.5 Å². The number of hydrogen-bond acceptors (Lipinski definition) is 3. The van der Waals surface area contributed by atoms with Crippen LogP contribution in [0.5, 0.6) is 5.75 Å². The first kappa shape index (κ1) is 13.9. The molecule has 1 aliphatic carbocycles. The summed E-state index contributed by atoms with van der Waals surface area (Å²) in [6.07, 6.45) is 10.2. The molecule has 1 aliphatic rings. The molecule has 1 fully saturated rings. The van der Waals surface area contributed by atoms with Crippen molar-refractivity contribution >= 4 is 16.9 Å². The van der Waals surface area contributed by atoms with Gasteiger partial charge in [-0.2, -0.15) is 0 Å². The third kappa shape index (κ3) is 3.72. The second-order valence-corrected chi connectivity index (χ2v) is 5.61. The maximum absolute atomic E-state index is 12.0. The molecular weight excluding hydrogens is 264 g/mol. The monoisotopic (exact) mass is 284 g/mol. The van der Waals surface area contributed by atoms with Crippen LogP contribution in [0, 0.1) is 0 Å². The van der Waals surface area contributed by atoms with Crippen molar-refractivity contribution in [2.45, 2.75) is 44.6 Å². The molecular formula is C17H20N2O2. The second kappa shape index (κ2) is 6.57. The summed E-state index contributed by atoms with van der Waals surface area (Å²) < 4.78 is 5.39. The van der Waals surface area contributed by atoms with Crippen molar-refractivity contribution in [2.24, 2.45) is 0 Å². The van der Waals surface area contributed by atoms with Crippen LogP contribution in [-0.2, 0) is 0 Å². The van der Waals surface area contributed by atoms with E-state index in [9.17, 15) is 4.79 Å². The number of fused-ring (bicyclic) bond motifs is 1. The Morgan fingerprint density at radius 2 is 1.90 bits per heavy atom. The zero-order valence-electron chi connectivity index (χ0n) is 12.0. The standard InChI is InChI=1S/C17H20N2O2/c20-17(19-15-5-3-1-2-4-6-15)21-16-8-7-13-9-10-18-12-14(13)11-16/h7-12,15H,1-6H2,(H,19,20). The van der Waals surface area contributed by atoms with Gasteiger partial charge in [-0.05, 0) is 36.4 Å². The first-order valence-electron chi connectivity index (χ1n) is 7.63. The maximum atomic E-state index is 12.0. The summed E-state index contributed by atoms with van der Waals surface area (Å²) in [5.41, 5.74) is 0. The minimum atomic E-state index is -0.356. The number of benzene rings is 1. The Morgan fingerprint density at radius 1 is 1.10 bits per heavy atom. The van der Waals surface area contributed by atoms with E-state index in [2.05, 4.69) is 10.3 Å². The lowest BCUT2D eigenvalue weighted by atomic mass is 10.1. The fourth-order valence-corrected chi connectivity index (χ4v) is 2.85. The molecule has 0 bridgehead atoms. The molecule has 1 aromatic carbocycles. The van der Waals surface area contributed by atoms with Crippen molar-refractivity contribution in [3.63, 3.8) is 0 Å². The number of amides is 1. The minimum absolute atomic E-state index is 0.252. The lowest BCUT2D eigenvalue weighted by Crippen LogP contribution is -2.36. The van der Waals surface area contributed by atoms with Gasteiger partial charge in [0, 0.05) is 23.8 Å². The van der Waals surface area contributed by atoms with Gasteiger partial charge in [-0.25, -0.2) is 4.79 Å². The molecule has 1 heterocycles. The Morgan fingerprint density at radius 3 is 2.71 bits per heavy atom. The zero-order chi connectivity index (χ0) is 14.5. The highest BCUT2D eigenvalue weighted by atomic mass is 16.6. The number of hydrogen-bond donors (Lipinski definition) is 1. The zero-order valence-corrected chi connectivity index (χ0v) is 12.0. The van der Waals surface area contributed by atoms with Crippen LogP contribution < -0.4 is 10.1 Å². The summed E-state index contributed by atoms with van der Waals surface area (Å²) in [4.78, 5) is 16.1. The summed E-state index contributed by atoms with van der Waals surface area (Å²) in [7, 11) is 0. The van der Waals surface area contributed by atoms with Crippen molar-refractivity contribution in [3.05, 3.63) is 36.7 Å². The molecule has 0 aliphatic heterocycles. The molecule has 1 amide bonds. The fourth-order valence-electron chi connectivity index (χ4n) is 2.85. The molecule has 0 spiro atoms. The molecule has 21 heavy (non-hydrogen) atoms. The summed E-state index contributed by atoms with van der Waals surface area (Å²) >= 11 is 0. The number of pyridine rings is 1. The van der Waals surface area contributed by atoms with Gasteiger partial charge in [0.15, 0.2) is 0 Å². The van der Waals surface area contributed by atoms with Gasteiger partial charge in [0.05, 0.1) is 0 Å². The number of ether oxygens (including phenoxy) is 1. The van der Waals surface area contributed by atoms with Crippen LogP contribution in [0.4, 0.5) is 4.79 Å². The highest BCUT2D eigenvalue weighted by Crippen LogP contribution is 2.21. The third-order valence-electron chi connectivity index (χ3n) is 4.00. The lowest BCUT2D eigenvalue weighted by molar-refractivity contribution is 0.194. The van der Waals surface area contributed by atoms with Gasteiger partial charge in [0.1, 0.15) is 5.75 Å². The summed E-state index contributed by atoms with van der Waals surface area (Å²) in [5.74, 6) is 0.557. The lowest BCUT2D eigenvalue weighted by Gasteiger charge is -2.16. The molecule has 1 N–H and O–H groups in total. The predicted molar refractivity (Wildman–Crippen MR) is 82.4 cm³/mol. The number of carbonyl (C=O) groups excluding carboxylic acids is 1. The molecule has 3 rings (SSSR count). The molecule has 4 heteroatoms. The van der Waals surface area contributed by atoms with Crippen LogP contribution in [-0.4, -0.2) is 17.1 Å². The Hall–Kier alpha value is -2.10. The van der Waals surface area contributed by atoms with Crippen molar-refractivity contribution in [1.82, 2.24) is 10.3 Å². The molecule has 1 saturated carbocycles. The average molecular weight is 284 g/mol. The minimum Gasteiger partial charge on any atom is -0.410 e. The third-order valence-corrected chi connectivity index (χ3v) is 4.00. The van der Waals surface area contributed by atoms with Crippen molar-refractivity contribution in [2.75, 3.05) is 0 Å². The van der Waals surface area contributed by atoms with Gasteiger partial charge < -0.3 is 10.1 Å². The van der Waals surface area contributed by atoms with E-state index in [4.69, 9.17) is 4.74 Å². The normalized spacial score (nSPS) is 16.4. The van der Waals surface area contributed by atoms with Crippen LogP contribution in [0.25, 0.3) is 10.8 Å². The molecule has 0 atom stereocenters. The summed E-state index contributed by atoms with van der Waals surface area (Å²) in [6, 6.07) is 7.78. The molecule has 0 unspecified atom stereocenters. The van der Waals surface area contributed by atoms with E-state index in [1.807, 2.05) is 24.3 Å². The summed E-state index contributed by atoms with van der Waals surface area (Å²) in [6.45, 7) is 0. The van der Waals surface area contributed by atoms with Crippen LogP contribution >= 0.6 is 0 Å². The van der Waals surface area contributed by atoms with Gasteiger partial charge in [-0.3, -0.25) is 4.98 Å². The first-order chi connectivity index (χ1) is 10.3. The predicted octanol–water partition coefficient (Wildman–Crippen LogP) is 4.05. The number of aromatic nitrogens is 1. The van der Waals surface area contributed by atoms with Gasteiger partial charge in [-0.1, -0.05) is 31.7 Å². The Labute approximate surface area is 124 Å². The van der Waals surface area contributed by atoms with E-state index in [-0.39, 0.29) is 12.1 Å². The number of nitrogens with zero attached hydrogens (tertiary/aromatic N) is 1. The van der Waals surface area contributed by atoms with E-state index in [1.54, 1.807) is 12.4 Å². The molecule has 0 radical (unpaired) electrons. The maximum Gasteiger partial charge on any atom is 0.412 e. The summed E-state index contributed by atoms with van der Waals surface area (Å²) in [5, 5.41) is 5.03. The Bertz CT molecular complexity index is 619. The Kier molecular flexibility index (Phi) is 4.34. The molecule has 0 saturated heterocycles. The highest BCUT2D eigenvalue weighted by molar-refractivity contribution is 5.83. The van der Waals surface area contributed by atoms with Crippen LogP contribution in [0.2, 0.25) is 0 Å². The van der Waals surface area contributed by atoms with E-state index in [1.165, 1.54) is 25.7 Å². The van der Waals surface area contributed by atoms with Crippen molar-refractivity contribution < 1.29 is 9.53 Å². The van der Waals surface area contributed by atoms with Gasteiger partial charge >= 0.3 is 6.09 Å². The van der Waals surface area contributed by atoms with E-state index >= 15 is 0 Å². The van der Waals surface area contributed by atoms with E-state index in [0.29, 0.717) is 5.75 Å². The van der Waals surface area contributed by atoms with Gasteiger partial charge in [0.25, 0.3) is 0 Å². The average Bonchev–Trinajstić information content (AvgIpc) is 2.75. The Balaban J connectivity index is 1.62. The van der Waals surface area contributed by atoms with E-state index < -0.39 is 0 Å². The first-order valence-corrected chi connectivity index (χ1v) is 7.63. The number of carbonyl (C=O) groups is 1. The van der Waals surface area contributed by atoms with Crippen molar-refractivity contribution in [1.29, 1.82) is 0 Å². The molecule has 4 nitrogen and oxygen atoms in total. The smallest absolute Gasteiger partial charge is 0.410 e. The SMILES string of the molecule is O=C(NC1CCCCCC1)Oc1ccc2ccncc2c1. The number of rotatable bonds is 2. The molecule has 1 aromatic heterocycles. The largest absolute Gasteiger partial charge is 0.412 e. The molecule has 2 aromatic rings. The van der Waals surface area contributed by atoms with Crippen LogP contribution in [0.3, 0.4) is 0 Å². The van der Waals surface area contributed by atoms with E-state index in [0.717, 1.165) is 23.6 Å². The number of nitrogens with one attached hydrogen (secondary N) is 1.